The van der Waals surface area contributed by atoms with E-state index in [1.165, 1.54) is 23.9 Å². The van der Waals surface area contributed by atoms with E-state index in [1.54, 1.807) is 6.07 Å². The molecule has 1 amide bonds. The Labute approximate surface area is 121 Å². The lowest BCUT2D eigenvalue weighted by Crippen LogP contribution is -2.27. The predicted octanol–water partition coefficient (Wildman–Crippen LogP) is 2.21. The number of aliphatic hydroxyl groups excluding tert-OH is 1. The molecule has 0 aromatic heterocycles. The highest BCUT2D eigenvalue weighted by Crippen LogP contribution is 2.24. The first-order chi connectivity index (χ1) is 9.49. The third kappa shape index (κ3) is 4.50. The first-order valence-electron chi connectivity index (χ1n) is 6.28. The second kappa shape index (κ2) is 7.86. The minimum Gasteiger partial charge on any atom is -0.393 e. The van der Waals surface area contributed by atoms with E-state index in [9.17, 15) is 20.0 Å². The van der Waals surface area contributed by atoms with Crippen molar-refractivity contribution < 1.29 is 14.8 Å². The number of carbonyl (C=O) groups excluding carboxylic acids is 1. The highest BCUT2D eigenvalue weighted by molar-refractivity contribution is 7.98. The Hall–Kier alpha value is -1.60. The average Bonchev–Trinajstić information content (AvgIpc) is 2.45. The molecule has 1 aromatic carbocycles. The van der Waals surface area contributed by atoms with Gasteiger partial charge in [0.15, 0.2) is 0 Å². The summed E-state index contributed by atoms with van der Waals surface area (Å²) in [6.45, 7) is 2.13. The van der Waals surface area contributed by atoms with E-state index in [2.05, 4.69) is 5.32 Å². The van der Waals surface area contributed by atoms with Crippen molar-refractivity contribution >= 4 is 23.4 Å². The van der Waals surface area contributed by atoms with Crippen LogP contribution in [0.5, 0.6) is 0 Å². The first-order valence-corrected chi connectivity index (χ1v) is 7.50. The number of amides is 1. The molecule has 6 nitrogen and oxygen atoms in total. The van der Waals surface area contributed by atoms with Crippen LogP contribution in [0.3, 0.4) is 0 Å². The molecule has 0 aliphatic carbocycles. The molecule has 0 saturated heterocycles. The van der Waals surface area contributed by atoms with Gasteiger partial charge in [0, 0.05) is 17.5 Å². The van der Waals surface area contributed by atoms with Crippen molar-refractivity contribution in [2.45, 2.75) is 30.8 Å². The van der Waals surface area contributed by atoms with E-state index in [4.69, 9.17) is 0 Å². The van der Waals surface area contributed by atoms with E-state index >= 15 is 0 Å². The summed E-state index contributed by atoms with van der Waals surface area (Å²) in [5, 5.41) is 22.9. The summed E-state index contributed by atoms with van der Waals surface area (Å²) in [5.41, 5.74) is -0.163. The molecule has 0 aliphatic rings. The van der Waals surface area contributed by atoms with Crippen molar-refractivity contribution in [3.8, 4) is 0 Å². The molecule has 2 N–H and O–H groups in total. The molecule has 0 saturated carbocycles. The first kappa shape index (κ1) is 16.5. The van der Waals surface area contributed by atoms with E-state index in [0.717, 1.165) is 4.90 Å². The molecule has 0 aliphatic heterocycles. The number of carbonyl (C=O) groups is 1. The fraction of sp³-hybridized carbons (Fsp3) is 0.462. The van der Waals surface area contributed by atoms with Gasteiger partial charge in [0.25, 0.3) is 11.6 Å². The SMILES string of the molecule is CCC(O)CCNC(=O)c1cc(SC)ccc1[N+](=O)[O-]. The zero-order valence-corrected chi connectivity index (χ0v) is 12.3. The van der Waals surface area contributed by atoms with Gasteiger partial charge in [-0.2, -0.15) is 0 Å². The van der Waals surface area contributed by atoms with Crippen molar-refractivity contribution in [3.05, 3.63) is 33.9 Å². The van der Waals surface area contributed by atoms with Crippen LogP contribution in [-0.2, 0) is 0 Å². The average molecular weight is 298 g/mol. The number of hydrogen-bond acceptors (Lipinski definition) is 5. The zero-order valence-electron chi connectivity index (χ0n) is 11.5. The summed E-state index contributed by atoms with van der Waals surface area (Å²) < 4.78 is 0. The quantitative estimate of drug-likeness (QED) is 0.457. The fourth-order valence-corrected chi connectivity index (χ4v) is 2.07. The highest BCUT2D eigenvalue weighted by atomic mass is 32.2. The van der Waals surface area contributed by atoms with Gasteiger partial charge in [-0.3, -0.25) is 14.9 Å². The zero-order chi connectivity index (χ0) is 15.1. The smallest absolute Gasteiger partial charge is 0.282 e. The number of nitrogens with zero attached hydrogens (tertiary/aromatic N) is 1. The Bertz CT molecular complexity index is 493. The van der Waals surface area contributed by atoms with Crippen LogP contribution in [0.4, 0.5) is 5.69 Å². The summed E-state index contributed by atoms with van der Waals surface area (Å²) in [7, 11) is 0. The summed E-state index contributed by atoms with van der Waals surface area (Å²) in [5.74, 6) is -0.490. The van der Waals surface area contributed by atoms with E-state index in [1.807, 2.05) is 13.2 Å². The largest absolute Gasteiger partial charge is 0.393 e. The fourth-order valence-electron chi connectivity index (χ4n) is 1.63. The molecule has 1 rings (SSSR count). The molecule has 1 unspecified atom stereocenters. The van der Waals surface area contributed by atoms with Gasteiger partial charge in [-0.15, -0.1) is 11.8 Å². The molecule has 7 heteroatoms. The minimum absolute atomic E-state index is 0.0489. The second-order valence-electron chi connectivity index (χ2n) is 4.25. The van der Waals surface area contributed by atoms with Gasteiger partial charge < -0.3 is 10.4 Å². The minimum atomic E-state index is -0.570. The monoisotopic (exact) mass is 298 g/mol. The molecule has 0 fully saturated rings. The summed E-state index contributed by atoms with van der Waals surface area (Å²) in [4.78, 5) is 23.2. The maximum absolute atomic E-state index is 12.0. The normalized spacial score (nSPS) is 11.9. The molecule has 1 atom stereocenters. The predicted molar refractivity (Wildman–Crippen MR) is 78.1 cm³/mol. The maximum atomic E-state index is 12.0. The molecular formula is C13H18N2O4S. The summed E-state index contributed by atoms with van der Waals surface area (Å²) in [6, 6.07) is 4.45. The third-order valence-corrected chi connectivity index (χ3v) is 3.60. The molecule has 0 heterocycles. The van der Waals surface area contributed by atoms with Crippen LogP contribution in [0, 0.1) is 10.1 Å². The van der Waals surface area contributed by atoms with Gasteiger partial charge in [-0.25, -0.2) is 0 Å². The maximum Gasteiger partial charge on any atom is 0.282 e. The molecule has 0 bridgehead atoms. The van der Waals surface area contributed by atoms with E-state index < -0.39 is 16.9 Å². The van der Waals surface area contributed by atoms with Gasteiger partial charge in [0.2, 0.25) is 0 Å². The Morgan fingerprint density at radius 3 is 2.80 bits per heavy atom. The number of rotatable bonds is 7. The van der Waals surface area contributed by atoms with E-state index in [0.29, 0.717) is 12.8 Å². The van der Waals surface area contributed by atoms with Gasteiger partial charge in [-0.05, 0) is 31.2 Å². The Morgan fingerprint density at radius 1 is 1.55 bits per heavy atom. The lowest BCUT2D eigenvalue weighted by molar-refractivity contribution is -0.385. The number of nitro benzene ring substituents is 1. The number of nitrogens with one attached hydrogen (secondary N) is 1. The second-order valence-corrected chi connectivity index (χ2v) is 5.13. The van der Waals surface area contributed by atoms with Gasteiger partial charge >= 0.3 is 0 Å². The number of nitro groups is 1. The summed E-state index contributed by atoms with van der Waals surface area (Å²) >= 11 is 1.41. The lowest BCUT2D eigenvalue weighted by atomic mass is 10.1. The number of thioether (sulfide) groups is 1. The van der Waals surface area contributed by atoms with Crippen molar-refractivity contribution in [1.29, 1.82) is 0 Å². The topological polar surface area (TPSA) is 92.5 Å². The van der Waals surface area contributed by atoms with Crippen molar-refractivity contribution in [2.24, 2.45) is 0 Å². The standard InChI is InChI=1S/C13H18N2O4S/c1-3-9(16)6-7-14-13(17)11-8-10(20-2)4-5-12(11)15(18)19/h4-5,8-9,16H,3,6-7H2,1-2H3,(H,14,17). The molecule has 0 radical (unpaired) electrons. The lowest BCUT2D eigenvalue weighted by Gasteiger charge is -2.09. The van der Waals surface area contributed by atoms with Crippen LogP contribution in [0.2, 0.25) is 0 Å². The Balaban J connectivity index is 2.82. The van der Waals surface area contributed by atoms with Gasteiger partial charge in [0.05, 0.1) is 11.0 Å². The summed E-state index contributed by atoms with van der Waals surface area (Å²) in [6.07, 6.45) is 2.40. The highest BCUT2D eigenvalue weighted by Gasteiger charge is 2.20. The van der Waals surface area contributed by atoms with Crippen LogP contribution in [0.25, 0.3) is 0 Å². The Morgan fingerprint density at radius 2 is 2.25 bits per heavy atom. The Kier molecular flexibility index (Phi) is 6.47. The van der Waals surface area contributed by atoms with Gasteiger partial charge in [-0.1, -0.05) is 6.92 Å². The number of aliphatic hydroxyl groups is 1. The van der Waals surface area contributed by atoms with Crippen LogP contribution in [0.1, 0.15) is 30.1 Å². The molecule has 1 aromatic rings. The van der Waals surface area contributed by atoms with Crippen molar-refractivity contribution in [2.75, 3.05) is 12.8 Å². The molecular weight excluding hydrogens is 280 g/mol. The molecule has 20 heavy (non-hydrogen) atoms. The van der Waals surface area contributed by atoms with Crippen molar-refractivity contribution in [3.63, 3.8) is 0 Å². The third-order valence-electron chi connectivity index (χ3n) is 2.88. The van der Waals surface area contributed by atoms with Gasteiger partial charge in [0.1, 0.15) is 5.56 Å². The number of hydrogen-bond donors (Lipinski definition) is 2. The number of benzene rings is 1. The molecule has 110 valence electrons. The van der Waals surface area contributed by atoms with E-state index in [-0.39, 0.29) is 17.8 Å². The van der Waals surface area contributed by atoms with Crippen LogP contribution in [0.15, 0.2) is 23.1 Å². The van der Waals surface area contributed by atoms with Crippen molar-refractivity contribution in [1.82, 2.24) is 5.32 Å². The molecule has 0 spiro atoms. The van der Waals surface area contributed by atoms with Crippen LogP contribution >= 0.6 is 11.8 Å². The van der Waals surface area contributed by atoms with Crippen LogP contribution in [-0.4, -0.2) is 34.8 Å². The van der Waals surface area contributed by atoms with Crippen LogP contribution < -0.4 is 5.32 Å².